The quantitative estimate of drug-likeness (QED) is 0.895. The van der Waals surface area contributed by atoms with E-state index < -0.39 is 0 Å². The summed E-state index contributed by atoms with van der Waals surface area (Å²) in [5.74, 6) is 0.415. The zero-order valence-electron chi connectivity index (χ0n) is 11.6. The first-order chi connectivity index (χ1) is 9.15. The molecule has 2 unspecified atom stereocenters. The lowest BCUT2D eigenvalue weighted by molar-refractivity contribution is -0.0383. The Bertz CT molecular complexity index is 428. The highest BCUT2D eigenvalue weighted by Gasteiger charge is 2.29. The average molecular weight is 268 g/mol. The third kappa shape index (κ3) is 3.23. The van der Waals surface area contributed by atoms with Crippen LogP contribution in [-0.2, 0) is 4.74 Å². The monoisotopic (exact) mass is 268 g/mol. The van der Waals surface area contributed by atoms with Gasteiger partial charge in [-0.25, -0.2) is 4.39 Å². The molecule has 0 spiro atoms. The highest BCUT2D eigenvalue weighted by atomic mass is 19.1. The van der Waals surface area contributed by atoms with Gasteiger partial charge in [0.2, 0.25) is 0 Å². The molecule has 5 heteroatoms. The third-order valence-electron chi connectivity index (χ3n) is 3.51. The molecule has 0 aromatic heterocycles. The number of ether oxygens (including phenoxy) is 2. The summed E-state index contributed by atoms with van der Waals surface area (Å²) in [5, 5.41) is 3.21. The van der Waals surface area contributed by atoms with E-state index in [4.69, 9.17) is 9.47 Å². The van der Waals surface area contributed by atoms with Crippen molar-refractivity contribution in [3.05, 3.63) is 29.6 Å². The van der Waals surface area contributed by atoms with Crippen molar-refractivity contribution < 1.29 is 13.9 Å². The Balaban J connectivity index is 2.27. The van der Waals surface area contributed by atoms with E-state index in [9.17, 15) is 4.39 Å². The number of nitrogens with one attached hydrogen (secondary N) is 1. The van der Waals surface area contributed by atoms with Crippen molar-refractivity contribution in [1.82, 2.24) is 10.2 Å². The Labute approximate surface area is 113 Å². The molecule has 1 N–H and O–H groups in total. The highest BCUT2D eigenvalue weighted by molar-refractivity contribution is 5.37. The second kappa shape index (κ2) is 6.32. The van der Waals surface area contributed by atoms with E-state index in [0.717, 1.165) is 18.7 Å². The van der Waals surface area contributed by atoms with Crippen molar-refractivity contribution in [2.45, 2.75) is 12.1 Å². The predicted octanol–water partition coefficient (Wildman–Crippen LogP) is 1.43. The molecule has 0 radical (unpaired) electrons. The van der Waals surface area contributed by atoms with Crippen LogP contribution in [0.15, 0.2) is 18.2 Å². The summed E-state index contributed by atoms with van der Waals surface area (Å²) in [4.78, 5) is 2.21. The van der Waals surface area contributed by atoms with E-state index in [0.29, 0.717) is 12.4 Å². The molecule has 1 saturated heterocycles. The summed E-state index contributed by atoms with van der Waals surface area (Å²) in [5.41, 5.74) is 0.797. The first-order valence-electron chi connectivity index (χ1n) is 6.46. The molecule has 1 aliphatic heterocycles. The van der Waals surface area contributed by atoms with Crippen molar-refractivity contribution in [1.29, 1.82) is 0 Å². The van der Waals surface area contributed by atoms with Crippen LogP contribution in [0.25, 0.3) is 0 Å². The van der Waals surface area contributed by atoms with Crippen LogP contribution < -0.4 is 10.1 Å². The molecule has 19 heavy (non-hydrogen) atoms. The van der Waals surface area contributed by atoms with Crippen molar-refractivity contribution in [2.24, 2.45) is 0 Å². The van der Waals surface area contributed by atoms with Crippen LogP contribution in [0, 0.1) is 5.82 Å². The van der Waals surface area contributed by atoms with Crippen LogP contribution in [-0.4, -0.2) is 51.9 Å². The van der Waals surface area contributed by atoms with Gasteiger partial charge in [0, 0.05) is 18.7 Å². The van der Waals surface area contributed by atoms with E-state index in [2.05, 4.69) is 17.3 Å². The summed E-state index contributed by atoms with van der Waals surface area (Å²) >= 11 is 0. The molecule has 1 aromatic carbocycles. The van der Waals surface area contributed by atoms with Gasteiger partial charge in [0.1, 0.15) is 11.6 Å². The molecule has 1 aromatic rings. The maximum atomic E-state index is 13.5. The number of methoxy groups -OCH3 is 1. The number of benzene rings is 1. The smallest absolute Gasteiger partial charge is 0.123 e. The molecule has 2 rings (SSSR count). The molecular formula is C14H21FN2O2. The molecule has 0 bridgehead atoms. The molecular weight excluding hydrogens is 247 g/mol. The van der Waals surface area contributed by atoms with E-state index in [-0.39, 0.29) is 18.0 Å². The van der Waals surface area contributed by atoms with Crippen LogP contribution in [0.3, 0.4) is 0 Å². The summed E-state index contributed by atoms with van der Waals surface area (Å²) < 4.78 is 24.6. The molecule has 0 aliphatic carbocycles. The topological polar surface area (TPSA) is 33.7 Å². The minimum Gasteiger partial charge on any atom is -0.496 e. The second-order valence-electron chi connectivity index (χ2n) is 4.82. The number of nitrogens with zero attached hydrogens (tertiary/aromatic N) is 1. The summed E-state index contributed by atoms with van der Waals surface area (Å²) in [6.45, 7) is 2.43. The number of morpholine rings is 1. The number of rotatable bonds is 4. The standard InChI is InChI=1S/C14H21FN2O2/c1-16-14(13-9-17(2)6-7-19-13)11-8-10(15)4-5-12(11)18-3/h4-5,8,13-14,16H,6-7,9H2,1-3H3. The largest absolute Gasteiger partial charge is 0.496 e. The molecule has 1 aliphatic rings. The lowest BCUT2D eigenvalue weighted by Crippen LogP contribution is -2.46. The Morgan fingerprint density at radius 1 is 1.53 bits per heavy atom. The van der Waals surface area contributed by atoms with Gasteiger partial charge in [0.25, 0.3) is 0 Å². The number of hydrogen-bond acceptors (Lipinski definition) is 4. The first-order valence-corrected chi connectivity index (χ1v) is 6.46. The molecule has 2 atom stereocenters. The highest BCUT2D eigenvalue weighted by Crippen LogP contribution is 2.30. The Morgan fingerprint density at radius 3 is 2.95 bits per heavy atom. The van der Waals surface area contributed by atoms with Crippen LogP contribution in [0.4, 0.5) is 4.39 Å². The van der Waals surface area contributed by atoms with Crippen LogP contribution in [0.5, 0.6) is 5.75 Å². The van der Waals surface area contributed by atoms with Gasteiger partial charge >= 0.3 is 0 Å². The zero-order chi connectivity index (χ0) is 13.8. The summed E-state index contributed by atoms with van der Waals surface area (Å²) in [6, 6.07) is 4.48. The fourth-order valence-electron chi connectivity index (χ4n) is 2.50. The molecule has 106 valence electrons. The average Bonchev–Trinajstić information content (AvgIpc) is 2.40. The van der Waals surface area contributed by atoms with E-state index in [1.165, 1.54) is 12.1 Å². The van der Waals surface area contributed by atoms with Crippen molar-refractivity contribution in [3.8, 4) is 5.75 Å². The van der Waals surface area contributed by atoms with Crippen LogP contribution >= 0.6 is 0 Å². The number of hydrogen-bond donors (Lipinski definition) is 1. The maximum Gasteiger partial charge on any atom is 0.123 e. The fraction of sp³-hybridized carbons (Fsp3) is 0.571. The van der Waals surface area contributed by atoms with E-state index >= 15 is 0 Å². The van der Waals surface area contributed by atoms with Crippen LogP contribution in [0.2, 0.25) is 0 Å². The van der Waals surface area contributed by atoms with Crippen molar-refractivity contribution in [3.63, 3.8) is 0 Å². The van der Waals surface area contributed by atoms with Gasteiger partial charge in [-0.3, -0.25) is 0 Å². The van der Waals surface area contributed by atoms with Crippen molar-refractivity contribution >= 4 is 0 Å². The first kappa shape index (κ1) is 14.2. The van der Waals surface area contributed by atoms with Gasteiger partial charge in [-0.1, -0.05) is 0 Å². The molecule has 4 nitrogen and oxygen atoms in total. The second-order valence-corrected chi connectivity index (χ2v) is 4.82. The Hall–Kier alpha value is -1.17. The Morgan fingerprint density at radius 2 is 2.32 bits per heavy atom. The molecule has 1 heterocycles. The minimum atomic E-state index is -0.264. The van der Waals surface area contributed by atoms with Gasteiger partial charge in [-0.2, -0.15) is 0 Å². The number of likely N-dealkylation sites (N-methyl/N-ethyl adjacent to an activating group) is 2. The minimum absolute atomic E-state index is 0.0144. The molecule has 0 amide bonds. The van der Waals surface area contributed by atoms with Crippen LogP contribution in [0.1, 0.15) is 11.6 Å². The lowest BCUT2D eigenvalue weighted by atomic mass is 9.99. The summed E-state index contributed by atoms with van der Waals surface area (Å²) in [7, 11) is 5.51. The predicted molar refractivity (Wildman–Crippen MR) is 72.0 cm³/mol. The van der Waals surface area contributed by atoms with Gasteiger partial charge in [0.05, 0.1) is 25.9 Å². The normalized spacial score (nSPS) is 22.2. The van der Waals surface area contributed by atoms with Gasteiger partial charge in [0.15, 0.2) is 0 Å². The van der Waals surface area contributed by atoms with Gasteiger partial charge < -0.3 is 19.7 Å². The maximum absolute atomic E-state index is 13.5. The van der Waals surface area contributed by atoms with E-state index in [1.54, 1.807) is 13.2 Å². The van der Waals surface area contributed by atoms with Gasteiger partial charge in [-0.05, 0) is 32.3 Å². The zero-order valence-corrected chi connectivity index (χ0v) is 11.6. The SMILES string of the molecule is CNC(c1cc(F)ccc1OC)C1CN(C)CCO1. The molecule has 0 saturated carbocycles. The van der Waals surface area contributed by atoms with Crippen molar-refractivity contribution in [2.75, 3.05) is 40.9 Å². The third-order valence-corrected chi connectivity index (χ3v) is 3.51. The summed E-state index contributed by atoms with van der Waals surface area (Å²) in [6.07, 6.45) is -0.0144. The number of halogens is 1. The van der Waals surface area contributed by atoms with E-state index in [1.807, 2.05) is 7.05 Å². The fourth-order valence-corrected chi connectivity index (χ4v) is 2.50. The van der Waals surface area contributed by atoms with Gasteiger partial charge in [-0.15, -0.1) is 0 Å². The lowest BCUT2D eigenvalue weighted by Gasteiger charge is -2.35. The Kier molecular flexibility index (Phi) is 4.74. The molecule has 1 fully saturated rings.